The molecule has 10 heteroatoms. The van der Waals surface area contributed by atoms with Crippen molar-refractivity contribution in [1.29, 1.82) is 0 Å². The van der Waals surface area contributed by atoms with E-state index in [1.54, 1.807) is 13.8 Å². The van der Waals surface area contributed by atoms with Crippen molar-refractivity contribution in [3.05, 3.63) is 72.1 Å². The second-order valence-corrected chi connectivity index (χ2v) is 8.65. The first-order chi connectivity index (χ1) is 16.7. The fourth-order valence-corrected chi connectivity index (χ4v) is 4.14. The van der Waals surface area contributed by atoms with E-state index < -0.39 is 30.1 Å². The van der Waals surface area contributed by atoms with Crippen molar-refractivity contribution in [3.63, 3.8) is 0 Å². The van der Waals surface area contributed by atoms with Crippen LogP contribution in [0.4, 0.5) is 10.5 Å². The number of aliphatic carboxylic acids is 1. The molecule has 0 saturated heterocycles. The number of rotatable bonds is 8. The molecule has 1 heterocycles. The van der Waals surface area contributed by atoms with Crippen LogP contribution >= 0.6 is 0 Å². The normalized spacial score (nSPS) is 12.5. The van der Waals surface area contributed by atoms with Crippen LogP contribution in [0, 0.1) is 0 Å². The Morgan fingerprint density at radius 2 is 1.69 bits per heavy atom. The molecule has 0 atom stereocenters. The lowest BCUT2D eigenvalue weighted by Gasteiger charge is -2.28. The van der Waals surface area contributed by atoms with Crippen LogP contribution in [0.1, 0.15) is 30.9 Å². The van der Waals surface area contributed by atoms with Crippen LogP contribution in [-0.4, -0.2) is 58.2 Å². The van der Waals surface area contributed by atoms with Crippen molar-refractivity contribution >= 4 is 23.7 Å². The Morgan fingerprint density at radius 1 is 1.09 bits per heavy atom. The Kier molecular flexibility index (Phi) is 6.57. The molecule has 0 spiro atoms. The molecule has 2 amide bonds. The van der Waals surface area contributed by atoms with Gasteiger partial charge in [-0.05, 0) is 36.1 Å². The quantitative estimate of drug-likeness (QED) is 0.475. The van der Waals surface area contributed by atoms with Crippen LogP contribution in [0.15, 0.2) is 60.9 Å². The number of carboxylic acid groups (broad SMARTS) is 1. The van der Waals surface area contributed by atoms with Gasteiger partial charge in [0.2, 0.25) is 0 Å². The molecule has 3 aromatic rings. The van der Waals surface area contributed by atoms with Gasteiger partial charge in [0.15, 0.2) is 6.61 Å². The highest BCUT2D eigenvalue weighted by molar-refractivity contribution is 5.85. The summed E-state index contributed by atoms with van der Waals surface area (Å²) in [5.41, 5.74) is 3.66. The standard InChI is InChI=1S/C25H26N4O6/c1-25(2,23(32)28(3)35-15-22(30)31)29-13-16(12-26-29)27-24(33)34-14-21-19-10-6-4-8-17(19)18-9-5-7-11-20(18)21/h4-13,21H,14-15H2,1-3H3,(H,27,33)(H,30,31). The zero-order valence-electron chi connectivity index (χ0n) is 19.6. The van der Waals surface area contributed by atoms with E-state index in [2.05, 4.69) is 22.5 Å². The van der Waals surface area contributed by atoms with E-state index >= 15 is 0 Å². The lowest BCUT2D eigenvalue weighted by atomic mass is 9.98. The van der Waals surface area contributed by atoms with Gasteiger partial charge in [-0.3, -0.25) is 19.6 Å². The van der Waals surface area contributed by atoms with Gasteiger partial charge in [0.1, 0.15) is 12.1 Å². The maximum Gasteiger partial charge on any atom is 0.411 e. The predicted molar refractivity (Wildman–Crippen MR) is 127 cm³/mol. The lowest BCUT2D eigenvalue weighted by Crippen LogP contribution is -2.46. The molecular formula is C25H26N4O6. The molecule has 0 bridgehead atoms. The van der Waals surface area contributed by atoms with E-state index in [0.717, 1.165) is 27.3 Å². The minimum Gasteiger partial charge on any atom is -0.479 e. The van der Waals surface area contributed by atoms with Crippen molar-refractivity contribution < 1.29 is 29.1 Å². The SMILES string of the molecule is CN(OCC(=O)O)C(=O)C(C)(C)n1cc(NC(=O)OCC2c3ccccc3-c3ccccc32)cn1. The van der Waals surface area contributed by atoms with Gasteiger partial charge in [-0.25, -0.2) is 14.7 Å². The number of anilines is 1. The van der Waals surface area contributed by atoms with E-state index in [4.69, 9.17) is 14.7 Å². The number of amides is 2. The molecule has 0 unspecified atom stereocenters. The van der Waals surface area contributed by atoms with Crippen LogP contribution in [0.3, 0.4) is 0 Å². The number of hydroxylamine groups is 2. The summed E-state index contributed by atoms with van der Waals surface area (Å²) in [6, 6.07) is 16.1. The molecule has 0 aliphatic heterocycles. The minimum absolute atomic E-state index is 0.0613. The first kappa shape index (κ1) is 24.0. The van der Waals surface area contributed by atoms with E-state index in [-0.39, 0.29) is 12.5 Å². The molecule has 1 aliphatic carbocycles. The summed E-state index contributed by atoms with van der Waals surface area (Å²) >= 11 is 0. The van der Waals surface area contributed by atoms with Gasteiger partial charge < -0.3 is 9.84 Å². The number of ether oxygens (including phenoxy) is 1. The number of nitrogens with one attached hydrogen (secondary N) is 1. The Labute approximate surface area is 202 Å². The lowest BCUT2D eigenvalue weighted by molar-refractivity contribution is -0.192. The van der Waals surface area contributed by atoms with Crippen LogP contribution in [0.25, 0.3) is 11.1 Å². The number of fused-ring (bicyclic) bond motifs is 3. The van der Waals surface area contributed by atoms with Crippen molar-refractivity contribution in [2.24, 2.45) is 0 Å². The summed E-state index contributed by atoms with van der Waals surface area (Å²) < 4.78 is 6.90. The average Bonchev–Trinajstić information content (AvgIpc) is 3.44. The van der Waals surface area contributed by atoms with Gasteiger partial charge in [0, 0.05) is 19.2 Å². The van der Waals surface area contributed by atoms with Crippen LogP contribution in [0.2, 0.25) is 0 Å². The molecule has 0 saturated carbocycles. The minimum atomic E-state index is -1.20. The monoisotopic (exact) mass is 478 g/mol. The third-order valence-corrected chi connectivity index (χ3v) is 5.94. The molecule has 0 radical (unpaired) electrons. The zero-order valence-corrected chi connectivity index (χ0v) is 19.6. The fourth-order valence-electron chi connectivity index (χ4n) is 4.14. The van der Waals surface area contributed by atoms with Crippen LogP contribution < -0.4 is 5.32 Å². The molecule has 0 fully saturated rings. The van der Waals surface area contributed by atoms with Gasteiger partial charge in [-0.15, -0.1) is 0 Å². The Morgan fingerprint density at radius 3 is 2.29 bits per heavy atom. The first-order valence-corrected chi connectivity index (χ1v) is 11.0. The highest BCUT2D eigenvalue weighted by Crippen LogP contribution is 2.44. The summed E-state index contributed by atoms with van der Waals surface area (Å²) in [6.45, 7) is 2.72. The molecule has 182 valence electrons. The smallest absolute Gasteiger partial charge is 0.411 e. The van der Waals surface area contributed by atoms with E-state index in [1.807, 2.05) is 36.4 Å². The van der Waals surface area contributed by atoms with Gasteiger partial charge in [-0.1, -0.05) is 48.5 Å². The topological polar surface area (TPSA) is 123 Å². The molecule has 1 aromatic heterocycles. The largest absolute Gasteiger partial charge is 0.479 e. The number of aromatic nitrogens is 2. The Hall–Kier alpha value is -4.18. The maximum absolute atomic E-state index is 12.7. The van der Waals surface area contributed by atoms with Crippen molar-refractivity contribution in [1.82, 2.24) is 14.8 Å². The summed E-state index contributed by atoms with van der Waals surface area (Å²) in [5, 5.41) is 16.4. The van der Waals surface area contributed by atoms with Crippen molar-refractivity contribution in [2.75, 3.05) is 25.6 Å². The summed E-state index contributed by atoms with van der Waals surface area (Å²) in [5.74, 6) is -1.78. The summed E-state index contributed by atoms with van der Waals surface area (Å²) in [6.07, 6.45) is 2.25. The molecule has 2 N–H and O–H groups in total. The Bertz CT molecular complexity index is 1220. The molecule has 1 aliphatic rings. The highest BCUT2D eigenvalue weighted by atomic mass is 16.7. The van der Waals surface area contributed by atoms with Crippen LogP contribution in [0.5, 0.6) is 0 Å². The molecule has 35 heavy (non-hydrogen) atoms. The second-order valence-electron chi connectivity index (χ2n) is 8.65. The number of carboxylic acids is 1. The van der Waals surface area contributed by atoms with Crippen molar-refractivity contribution in [3.8, 4) is 11.1 Å². The summed E-state index contributed by atoms with van der Waals surface area (Å²) in [7, 11) is 1.33. The molecule has 2 aromatic carbocycles. The van der Waals surface area contributed by atoms with E-state index in [0.29, 0.717) is 5.69 Å². The number of nitrogens with zero attached hydrogens (tertiary/aromatic N) is 3. The fraction of sp³-hybridized carbons (Fsp3) is 0.280. The number of hydrogen-bond donors (Lipinski definition) is 2. The average molecular weight is 479 g/mol. The third kappa shape index (κ3) is 4.87. The number of hydrogen-bond acceptors (Lipinski definition) is 6. The number of likely N-dealkylation sites (N-methyl/N-ethyl adjacent to an activating group) is 1. The Balaban J connectivity index is 1.38. The van der Waals surface area contributed by atoms with E-state index in [1.165, 1.54) is 24.1 Å². The number of benzene rings is 2. The maximum atomic E-state index is 12.7. The highest BCUT2D eigenvalue weighted by Gasteiger charge is 2.34. The zero-order chi connectivity index (χ0) is 25.2. The predicted octanol–water partition coefficient (Wildman–Crippen LogP) is 3.45. The number of carbonyl (C=O) groups excluding carboxylic acids is 2. The van der Waals surface area contributed by atoms with Gasteiger partial charge in [0.25, 0.3) is 5.91 Å². The van der Waals surface area contributed by atoms with E-state index in [9.17, 15) is 14.4 Å². The van der Waals surface area contributed by atoms with Gasteiger partial charge in [-0.2, -0.15) is 5.10 Å². The third-order valence-electron chi connectivity index (χ3n) is 5.94. The van der Waals surface area contributed by atoms with Crippen molar-refractivity contribution in [2.45, 2.75) is 25.3 Å². The molecule has 10 nitrogen and oxygen atoms in total. The van der Waals surface area contributed by atoms with Gasteiger partial charge in [0.05, 0.1) is 11.9 Å². The van der Waals surface area contributed by atoms with Crippen LogP contribution in [-0.2, 0) is 24.7 Å². The second kappa shape index (κ2) is 9.59. The summed E-state index contributed by atoms with van der Waals surface area (Å²) in [4.78, 5) is 40.8. The number of carbonyl (C=O) groups is 3. The van der Waals surface area contributed by atoms with Gasteiger partial charge >= 0.3 is 12.1 Å². The molecular weight excluding hydrogens is 452 g/mol. The first-order valence-electron chi connectivity index (χ1n) is 11.0. The molecule has 4 rings (SSSR count).